The van der Waals surface area contributed by atoms with Gasteiger partial charge in [0.1, 0.15) is 11.5 Å². The molecule has 8 heteroatoms. The first-order chi connectivity index (χ1) is 14.0. The highest BCUT2D eigenvalue weighted by Crippen LogP contribution is 2.29. The molecule has 0 radical (unpaired) electrons. The van der Waals surface area contributed by atoms with Crippen molar-refractivity contribution in [2.24, 2.45) is 0 Å². The molecule has 0 saturated carbocycles. The molecule has 0 aromatic heterocycles. The van der Waals surface area contributed by atoms with Crippen LogP contribution >= 0.6 is 23.2 Å². The summed E-state index contributed by atoms with van der Waals surface area (Å²) >= 11 is 12.2. The molecule has 156 valence electrons. The molecule has 3 rings (SSSR count). The Hall–Kier alpha value is -1.99. The van der Waals surface area contributed by atoms with Crippen molar-refractivity contribution in [2.45, 2.75) is 6.54 Å². The Balaban J connectivity index is 1.48. The zero-order valence-electron chi connectivity index (χ0n) is 16.6. The molecule has 2 aromatic carbocycles. The molecule has 6 nitrogen and oxygen atoms in total. The number of methoxy groups -OCH3 is 2. The van der Waals surface area contributed by atoms with Crippen LogP contribution in [0.2, 0.25) is 10.0 Å². The number of nitrogens with one attached hydrogen (secondary N) is 1. The van der Waals surface area contributed by atoms with Gasteiger partial charge in [-0.2, -0.15) is 0 Å². The maximum Gasteiger partial charge on any atom is 0.238 e. The minimum absolute atomic E-state index is 0.0670. The second-order valence-corrected chi connectivity index (χ2v) is 7.75. The molecule has 0 atom stereocenters. The predicted molar refractivity (Wildman–Crippen MR) is 116 cm³/mol. The Morgan fingerprint density at radius 2 is 1.72 bits per heavy atom. The van der Waals surface area contributed by atoms with E-state index in [1.165, 1.54) is 0 Å². The third-order valence-electron chi connectivity index (χ3n) is 4.92. The van der Waals surface area contributed by atoms with Gasteiger partial charge in [0.05, 0.1) is 26.5 Å². The molecule has 0 bridgehead atoms. The number of anilines is 1. The summed E-state index contributed by atoms with van der Waals surface area (Å²) in [6, 6.07) is 10.9. The van der Waals surface area contributed by atoms with Gasteiger partial charge in [-0.05, 0) is 29.8 Å². The van der Waals surface area contributed by atoms with E-state index in [1.54, 1.807) is 38.5 Å². The lowest BCUT2D eigenvalue weighted by Gasteiger charge is -2.34. The van der Waals surface area contributed by atoms with Crippen LogP contribution < -0.4 is 14.8 Å². The smallest absolute Gasteiger partial charge is 0.238 e. The van der Waals surface area contributed by atoms with Crippen molar-refractivity contribution in [1.82, 2.24) is 9.80 Å². The van der Waals surface area contributed by atoms with E-state index in [0.29, 0.717) is 33.8 Å². The van der Waals surface area contributed by atoms with Gasteiger partial charge in [-0.15, -0.1) is 0 Å². The van der Waals surface area contributed by atoms with E-state index < -0.39 is 0 Å². The molecule has 1 aliphatic rings. The number of benzene rings is 2. The predicted octanol–water partition coefficient (Wildman–Crippen LogP) is 3.77. The summed E-state index contributed by atoms with van der Waals surface area (Å²) in [6.45, 7) is 4.50. The number of piperazine rings is 1. The van der Waals surface area contributed by atoms with E-state index in [-0.39, 0.29) is 5.91 Å². The van der Waals surface area contributed by atoms with Crippen LogP contribution in [0.25, 0.3) is 0 Å². The summed E-state index contributed by atoms with van der Waals surface area (Å²) in [5.74, 6) is 1.18. The minimum atomic E-state index is -0.0670. The van der Waals surface area contributed by atoms with Crippen LogP contribution in [0.5, 0.6) is 11.5 Å². The molecule has 0 aliphatic carbocycles. The first kappa shape index (κ1) is 21.7. The second-order valence-electron chi connectivity index (χ2n) is 6.90. The van der Waals surface area contributed by atoms with Gasteiger partial charge in [-0.1, -0.05) is 29.3 Å². The normalized spacial score (nSPS) is 15.2. The van der Waals surface area contributed by atoms with Gasteiger partial charge < -0.3 is 14.8 Å². The number of carbonyl (C=O) groups is 1. The van der Waals surface area contributed by atoms with Crippen LogP contribution in [-0.2, 0) is 11.3 Å². The molecular weight excluding hydrogens is 413 g/mol. The Morgan fingerprint density at radius 3 is 2.38 bits per heavy atom. The van der Waals surface area contributed by atoms with Crippen LogP contribution in [-0.4, -0.2) is 62.7 Å². The number of ether oxygens (including phenoxy) is 2. The fraction of sp³-hybridized carbons (Fsp3) is 0.381. The van der Waals surface area contributed by atoms with E-state index in [9.17, 15) is 4.79 Å². The number of halogens is 2. The van der Waals surface area contributed by atoms with Crippen molar-refractivity contribution in [2.75, 3.05) is 52.3 Å². The molecule has 1 amide bonds. The van der Waals surface area contributed by atoms with E-state index >= 15 is 0 Å². The zero-order chi connectivity index (χ0) is 20.8. The summed E-state index contributed by atoms with van der Waals surface area (Å²) < 4.78 is 10.5. The van der Waals surface area contributed by atoms with Crippen LogP contribution in [0.4, 0.5) is 5.69 Å². The van der Waals surface area contributed by atoms with Gasteiger partial charge in [-0.25, -0.2) is 0 Å². The van der Waals surface area contributed by atoms with Gasteiger partial charge in [0.2, 0.25) is 5.91 Å². The monoisotopic (exact) mass is 437 g/mol. The van der Waals surface area contributed by atoms with Crippen molar-refractivity contribution < 1.29 is 14.3 Å². The van der Waals surface area contributed by atoms with E-state index in [0.717, 1.165) is 38.3 Å². The molecule has 1 fully saturated rings. The van der Waals surface area contributed by atoms with E-state index in [1.807, 2.05) is 12.1 Å². The average molecular weight is 438 g/mol. The largest absolute Gasteiger partial charge is 0.497 e. The zero-order valence-corrected chi connectivity index (χ0v) is 18.1. The lowest BCUT2D eigenvalue weighted by molar-refractivity contribution is -0.117. The van der Waals surface area contributed by atoms with Crippen LogP contribution in [0.1, 0.15) is 5.56 Å². The van der Waals surface area contributed by atoms with Crippen molar-refractivity contribution in [3.05, 3.63) is 52.0 Å². The molecule has 1 aliphatic heterocycles. The quantitative estimate of drug-likeness (QED) is 0.714. The molecule has 1 heterocycles. The summed E-state index contributed by atoms with van der Waals surface area (Å²) in [5.41, 5.74) is 1.70. The van der Waals surface area contributed by atoms with Crippen molar-refractivity contribution in [3.63, 3.8) is 0 Å². The van der Waals surface area contributed by atoms with Crippen LogP contribution in [0, 0.1) is 0 Å². The summed E-state index contributed by atoms with van der Waals surface area (Å²) in [4.78, 5) is 16.9. The number of rotatable bonds is 7. The Kier molecular flexibility index (Phi) is 7.61. The van der Waals surface area contributed by atoms with Gasteiger partial charge in [0.15, 0.2) is 0 Å². The van der Waals surface area contributed by atoms with Gasteiger partial charge >= 0.3 is 0 Å². The molecule has 29 heavy (non-hydrogen) atoms. The van der Waals surface area contributed by atoms with Gasteiger partial charge in [0.25, 0.3) is 0 Å². The Bertz CT molecular complexity index is 855. The van der Waals surface area contributed by atoms with Crippen molar-refractivity contribution >= 4 is 34.8 Å². The summed E-state index contributed by atoms with van der Waals surface area (Å²) in [6.07, 6.45) is 0. The fourth-order valence-corrected chi connectivity index (χ4v) is 3.76. The van der Waals surface area contributed by atoms with Gasteiger partial charge in [0, 0.05) is 48.8 Å². The lowest BCUT2D eigenvalue weighted by atomic mass is 10.2. The summed E-state index contributed by atoms with van der Waals surface area (Å²) in [5, 5.41) is 4.25. The highest BCUT2D eigenvalue weighted by atomic mass is 35.5. The standard InChI is InChI=1S/C21H25Cl2N3O3/c1-28-17-5-6-19(20(12-17)29-2)24-21(27)14-26-9-7-25(8-10-26)13-15-3-4-16(22)11-18(15)23/h3-6,11-12H,7-10,13-14H2,1-2H3,(H,24,27). The Labute approximate surface area is 181 Å². The maximum atomic E-state index is 12.5. The average Bonchev–Trinajstić information content (AvgIpc) is 2.71. The highest BCUT2D eigenvalue weighted by molar-refractivity contribution is 6.35. The van der Waals surface area contributed by atoms with Crippen LogP contribution in [0.3, 0.4) is 0 Å². The molecular formula is C21H25Cl2N3O3. The number of nitrogens with zero attached hydrogens (tertiary/aromatic N) is 2. The van der Waals surface area contributed by atoms with Crippen LogP contribution in [0.15, 0.2) is 36.4 Å². The molecule has 2 aromatic rings. The SMILES string of the molecule is COc1ccc(NC(=O)CN2CCN(Cc3ccc(Cl)cc3Cl)CC2)c(OC)c1. The third-order valence-corrected chi connectivity index (χ3v) is 5.51. The van der Waals surface area contributed by atoms with E-state index in [2.05, 4.69) is 15.1 Å². The maximum absolute atomic E-state index is 12.5. The summed E-state index contributed by atoms with van der Waals surface area (Å²) in [7, 11) is 3.16. The third kappa shape index (κ3) is 6.00. The Morgan fingerprint density at radius 1 is 1.00 bits per heavy atom. The molecule has 0 spiro atoms. The van der Waals surface area contributed by atoms with E-state index in [4.69, 9.17) is 32.7 Å². The van der Waals surface area contributed by atoms with Crippen molar-refractivity contribution in [3.8, 4) is 11.5 Å². The molecule has 0 unspecified atom stereocenters. The number of hydrogen-bond acceptors (Lipinski definition) is 5. The number of carbonyl (C=O) groups excluding carboxylic acids is 1. The highest BCUT2D eigenvalue weighted by Gasteiger charge is 2.20. The topological polar surface area (TPSA) is 54.0 Å². The number of hydrogen-bond donors (Lipinski definition) is 1. The molecule has 1 N–H and O–H groups in total. The minimum Gasteiger partial charge on any atom is -0.497 e. The first-order valence-electron chi connectivity index (χ1n) is 9.39. The van der Waals surface area contributed by atoms with Gasteiger partial charge in [-0.3, -0.25) is 14.6 Å². The number of amides is 1. The van der Waals surface area contributed by atoms with Crippen molar-refractivity contribution in [1.29, 1.82) is 0 Å². The second kappa shape index (κ2) is 10.2. The lowest BCUT2D eigenvalue weighted by Crippen LogP contribution is -2.48. The first-order valence-corrected chi connectivity index (χ1v) is 10.1. The molecule has 1 saturated heterocycles. The fourth-order valence-electron chi connectivity index (χ4n) is 3.29.